The molecule has 2 aromatic rings. The highest BCUT2D eigenvalue weighted by Gasteiger charge is 2.06. The summed E-state index contributed by atoms with van der Waals surface area (Å²) < 4.78 is 2.63. The summed E-state index contributed by atoms with van der Waals surface area (Å²) in [5.74, 6) is 0. The largest absolute Gasteiger partial charge is 0.143 e. The molecule has 0 aliphatic carbocycles. The van der Waals surface area contributed by atoms with Crippen molar-refractivity contribution in [3.05, 3.63) is 31.7 Å². The van der Waals surface area contributed by atoms with Crippen LogP contribution >= 0.6 is 45.5 Å². The van der Waals surface area contributed by atoms with E-state index in [1.807, 2.05) is 6.07 Å². The van der Waals surface area contributed by atoms with Crippen LogP contribution in [0, 0.1) is 10.5 Å². The van der Waals surface area contributed by atoms with E-state index in [1.54, 1.807) is 11.3 Å². The van der Waals surface area contributed by atoms with Gasteiger partial charge in [0, 0.05) is 18.7 Å². The molecule has 62 valence electrons. The molecule has 1 aromatic carbocycles. The molecule has 0 saturated heterocycles. The molecule has 0 radical (unpaired) electrons. The molecule has 0 aliphatic rings. The molecule has 0 atom stereocenters. The normalized spacial score (nSPS) is 10.9. The predicted molar refractivity (Wildman–Crippen MR) is 64.3 cm³/mol. The van der Waals surface area contributed by atoms with Gasteiger partial charge in [-0.2, -0.15) is 0 Å². The molecule has 1 aromatic heterocycles. The van der Waals surface area contributed by atoms with Gasteiger partial charge in [-0.25, -0.2) is 0 Å². The number of halogens is 2. The number of rotatable bonds is 0. The minimum absolute atomic E-state index is 0.865. The van der Waals surface area contributed by atoms with Crippen LogP contribution in [0.4, 0.5) is 0 Å². The third kappa shape index (κ3) is 1.26. The topological polar surface area (TPSA) is 0 Å². The zero-order valence-corrected chi connectivity index (χ0v) is 10.1. The van der Waals surface area contributed by atoms with Gasteiger partial charge < -0.3 is 0 Å². The van der Waals surface area contributed by atoms with Crippen molar-refractivity contribution < 1.29 is 0 Å². The Balaban J connectivity index is 2.97. The zero-order valence-electron chi connectivity index (χ0n) is 6.40. The summed E-state index contributed by atoms with van der Waals surface area (Å²) in [7, 11) is 0. The van der Waals surface area contributed by atoms with E-state index in [-0.39, 0.29) is 0 Å². The van der Waals surface area contributed by atoms with Crippen LogP contribution in [0.15, 0.2) is 17.5 Å². The van der Waals surface area contributed by atoms with Gasteiger partial charge >= 0.3 is 0 Å². The first-order valence-corrected chi connectivity index (χ1v) is 5.85. The Kier molecular flexibility index (Phi) is 2.31. The smallest absolute Gasteiger partial charge is 0.0496 e. The maximum Gasteiger partial charge on any atom is 0.0496 e. The third-order valence-electron chi connectivity index (χ3n) is 1.81. The van der Waals surface area contributed by atoms with Crippen LogP contribution in [0.3, 0.4) is 0 Å². The Morgan fingerprint density at radius 2 is 2.25 bits per heavy atom. The van der Waals surface area contributed by atoms with Crippen LogP contribution in [-0.2, 0) is 0 Å². The molecule has 0 aliphatic heterocycles. The van der Waals surface area contributed by atoms with Crippen molar-refractivity contribution in [3.63, 3.8) is 0 Å². The zero-order chi connectivity index (χ0) is 8.72. The van der Waals surface area contributed by atoms with Gasteiger partial charge in [-0.05, 0) is 52.6 Å². The lowest BCUT2D eigenvalue weighted by Crippen LogP contribution is -1.79. The molecule has 0 nitrogen and oxygen atoms in total. The number of aryl methyl sites for hydroxylation is 1. The summed E-state index contributed by atoms with van der Waals surface area (Å²) in [6.45, 7) is 2.09. The van der Waals surface area contributed by atoms with Crippen LogP contribution < -0.4 is 0 Å². The quantitative estimate of drug-likeness (QED) is 0.630. The molecular weight excluding hydrogens is 303 g/mol. The summed E-state index contributed by atoms with van der Waals surface area (Å²) in [5, 5.41) is 4.12. The Hall–Kier alpha value is 0.200. The Morgan fingerprint density at radius 3 is 3.00 bits per heavy atom. The fourth-order valence-corrected chi connectivity index (χ4v) is 3.29. The van der Waals surface area contributed by atoms with E-state index in [9.17, 15) is 0 Å². The summed E-state index contributed by atoms with van der Waals surface area (Å²) in [5.41, 5.74) is 1.26. The van der Waals surface area contributed by atoms with Gasteiger partial charge in [0.2, 0.25) is 0 Å². The van der Waals surface area contributed by atoms with Crippen LogP contribution in [0.5, 0.6) is 0 Å². The number of fused-ring (bicyclic) bond motifs is 1. The Bertz CT molecular complexity index is 433. The number of thiophene rings is 1. The second-order valence-corrected chi connectivity index (χ2v) is 5.05. The molecule has 0 bridgehead atoms. The van der Waals surface area contributed by atoms with Crippen molar-refractivity contribution in [2.45, 2.75) is 6.92 Å². The Morgan fingerprint density at radius 1 is 1.50 bits per heavy atom. The second kappa shape index (κ2) is 3.16. The van der Waals surface area contributed by atoms with Gasteiger partial charge in [-0.15, -0.1) is 11.3 Å². The standard InChI is InChI=1S/C9H6ClIS/c1-5-4-7(10)6-2-3-12-9(6)8(5)11/h2-4H,1H3. The van der Waals surface area contributed by atoms with Crippen molar-refractivity contribution in [3.8, 4) is 0 Å². The molecule has 0 saturated carbocycles. The SMILES string of the molecule is Cc1cc(Cl)c2ccsc2c1I. The minimum Gasteiger partial charge on any atom is -0.143 e. The van der Waals surface area contributed by atoms with Gasteiger partial charge in [-0.1, -0.05) is 11.6 Å². The number of hydrogen-bond acceptors (Lipinski definition) is 1. The lowest BCUT2D eigenvalue weighted by atomic mass is 10.2. The van der Waals surface area contributed by atoms with E-state index in [2.05, 4.69) is 41.0 Å². The average Bonchev–Trinajstić information content (AvgIpc) is 2.48. The van der Waals surface area contributed by atoms with Crippen molar-refractivity contribution >= 4 is 55.6 Å². The van der Waals surface area contributed by atoms with Gasteiger partial charge in [0.1, 0.15) is 0 Å². The molecule has 0 amide bonds. The highest BCUT2D eigenvalue weighted by Crippen LogP contribution is 2.33. The minimum atomic E-state index is 0.865. The van der Waals surface area contributed by atoms with Gasteiger partial charge in [0.25, 0.3) is 0 Å². The van der Waals surface area contributed by atoms with Crippen molar-refractivity contribution in [1.29, 1.82) is 0 Å². The monoisotopic (exact) mass is 308 g/mol. The highest BCUT2D eigenvalue weighted by molar-refractivity contribution is 14.1. The van der Waals surface area contributed by atoms with Gasteiger partial charge in [0.05, 0.1) is 0 Å². The first kappa shape index (κ1) is 8.78. The molecule has 0 spiro atoms. The van der Waals surface area contributed by atoms with E-state index < -0.39 is 0 Å². The molecule has 2 rings (SSSR count). The third-order valence-corrected chi connectivity index (χ3v) is 4.81. The van der Waals surface area contributed by atoms with E-state index in [1.165, 1.54) is 19.2 Å². The fraction of sp³-hybridized carbons (Fsp3) is 0.111. The van der Waals surface area contributed by atoms with E-state index in [4.69, 9.17) is 11.6 Å². The number of benzene rings is 1. The average molecular weight is 309 g/mol. The second-order valence-electron chi connectivity index (χ2n) is 2.65. The molecule has 1 heterocycles. The van der Waals surface area contributed by atoms with E-state index in [0.717, 1.165) is 5.02 Å². The molecule has 0 fully saturated rings. The van der Waals surface area contributed by atoms with E-state index in [0.29, 0.717) is 0 Å². The molecular formula is C9H6ClIS. The van der Waals surface area contributed by atoms with Crippen LogP contribution in [0.2, 0.25) is 5.02 Å². The first-order valence-electron chi connectivity index (χ1n) is 3.52. The lowest BCUT2D eigenvalue weighted by Gasteiger charge is -2.01. The summed E-state index contributed by atoms with van der Waals surface area (Å²) in [6, 6.07) is 4.10. The summed E-state index contributed by atoms with van der Waals surface area (Å²) in [6.07, 6.45) is 0. The molecule has 3 heteroatoms. The van der Waals surface area contributed by atoms with Crippen LogP contribution in [-0.4, -0.2) is 0 Å². The molecule has 0 N–H and O–H groups in total. The van der Waals surface area contributed by atoms with Gasteiger partial charge in [0.15, 0.2) is 0 Å². The fourth-order valence-electron chi connectivity index (χ4n) is 1.18. The van der Waals surface area contributed by atoms with Crippen LogP contribution in [0.25, 0.3) is 10.1 Å². The predicted octanol–water partition coefficient (Wildman–Crippen LogP) is 4.47. The number of hydrogen-bond donors (Lipinski definition) is 0. The molecule has 0 unspecified atom stereocenters. The molecule has 12 heavy (non-hydrogen) atoms. The van der Waals surface area contributed by atoms with Crippen molar-refractivity contribution in [1.82, 2.24) is 0 Å². The highest BCUT2D eigenvalue weighted by atomic mass is 127. The van der Waals surface area contributed by atoms with Crippen molar-refractivity contribution in [2.75, 3.05) is 0 Å². The van der Waals surface area contributed by atoms with Crippen molar-refractivity contribution in [2.24, 2.45) is 0 Å². The lowest BCUT2D eigenvalue weighted by molar-refractivity contribution is 1.48. The maximum absolute atomic E-state index is 6.08. The summed E-state index contributed by atoms with van der Waals surface area (Å²) >= 11 is 10.2. The van der Waals surface area contributed by atoms with E-state index >= 15 is 0 Å². The first-order chi connectivity index (χ1) is 5.70. The Labute approximate surface area is 93.7 Å². The summed E-state index contributed by atoms with van der Waals surface area (Å²) in [4.78, 5) is 0. The van der Waals surface area contributed by atoms with Crippen LogP contribution in [0.1, 0.15) is 5.56 Å². The maximum atomic E-state index is 6.08. The van der Waals surface area contributed by atoms with Gasteiger partial charge in [-0.3, -0.25) is 0 Å².